The number of hydrogen-bond donors (Lipinski definition) is 1. The predicted octanol–water partition coefficient (Wildman–Crippen LogP) is 3.41. The molecular weight excluding hydrogens is 220 g/mol. The lowest BCUT2D eigenvalue weighted by Crippen LogP contribution is -2.59. The van der Waals surface area contributed by atoms with E-state index >= 15 is 0 Å². The van der Waals surface area contributed by atoms with E-state index in [1.54, 1.807) is 0 Å². The quantitative estimate of drug-likeness (QED) is 0.812. The molecule has 1 saturated carbocycles. The van der Waals surface area contributed by atoms with Crippen LogP contribution in [0.3, 0.4) is 0 Å². The second kappa shape index (κ2) is 6.38. The average molecular weight is 252 g/mol. The summed E-state index contributed by atoms with van der Waals surface area (Å²) < 4.78 is 0. The van der Waals surface area contributed by atoms with Crippen molar-refractivity contribution in [2.45, 2.75) is 70.8 Å². The molecule has 2 aliphatic rings. The van der Waals surface area contributed by atoms with Crippen LogP contribution < -0.4 is 5.73 Å². The molecule has 0 bridgehead atoms. The van der Waals surface area contributed by atoms with E-state index in [0.29, 0.717) is 5.54 Å². The van der Waals surface area contributed by atoms with Crippen molar-refractivity contribution in [1.29, 1.82) is 0 Å². The first-order chi connectivity index (χ1) is 8.76. The van der Waals surface area contributed by atoms with Crippen LogP contribution in [0.4, 0.5) is 0 Å². The fourth-order valence-corrected chi connectivity index (χ4v) is 4.57. The molecule has 0 spiro atoms. The van der Waals surface area contributed by atoms with E-state index in [1.165, 1.54) is 64.5 Å². The molecular formula is C16H32N2. The van der Waals surface area contributed by atoms with Gasteiger partial charge < -0.3 is 5.73 Å². The third-order valence-corrected chi connectivity index (χ3v) is 5.63. The van der Waals surface area contributed by atoms with Gasteiger partial charge in [-0.05, 0) is 44.1 Å². The minimum absolute atomic E-state index is 0.357. The van der Waals surface area contributed by atoms with Gasteiger partial charge in [0.2, 0.25) is 0 Å². The summed E-state index contributed by atoms with van der Waals surface area (Å²) in [6, 6.07) is 0. The molecule has 2 N–H and O–H groups in total. The first kappa shape index (κ1) is 14.3. The Bertz CT molecular complexity index is 253. The standard InChI is InChI=1S/C16H32N2/c1-3-7-14-9-11-18(12-14)16(13-17)10-6-5-8-15(16)4-2/h14-15H,3-13,17H2,1-2H3. The third kappa shape index (κ3) is 2.60. The summed E-state index contributed by atoms with van der Waals surface area (Å²) >= 11 is 0. The van der Waals surface area contributed by atoms with Crippen molar-refractivity contribution >= 4 is 0 Å². The largest absolute Gasteiger partial charge is 0.329 e. The van der Waals surface area contributed by atoms with Gasteiger partial charge in [0.15, 0.2) is 0 Å². The van der Waals surface area contributed by atoms with E-state index in [0.717, 1.165) is 18.4 Å². The molecule has 1 aliphatic heterocycles. The van der Waals surface area contributed by atoms with Gasteiger partial charge in [-0.3, -0.25) is 4.90 Å². The predicted molar refractivity (Wildman–Crippen MR) is 78.6 cm³/mol. The monoisotopic (exact) mass is 252 g/mol. The van der Waals surface area contributed by atoms with Gasteiger partial charge in [0.1, 0.15) is 0 Å². The molecule has 3 atom stereocenters. The fraction of sp³-hybridized carbons (Fsp3) is 1.00. The molecule has 0 aromatic carbocycles. The topological polar surface area (TPSA) is 29.3 Å². The van der Waals surface area contributed by atoms with Crippen LogP contribution in [0.1, 0.15) is 65.2 Å². The lowest BCUT2D eigenvalue weighted by molar-refractivity contribution is 0.0186. The Morgan fingerprint density at radius 1 is 1.22 bits per heavy atom. The molecule has 1 heterocycles. The van der Waals surface area contributed by atoms with E-state index in [9.17, 15) is 0 Å². The highest BCUT2D eigenvalue weighted by atomic mass is 15.2. The van der Waals surface area contributed by atoms with Gasteiger partial charge in [0.05, 0.1) is 0 Å². The van der Waals surface area contributed by atoms with Crippen LogP contribution in [0.2, 0.25) is 0 Å². The van der Waals surface area contributed by atoms with E-state index in [4.69, 9.17) is 5.73 Å². The van der Waals surface area contributed by atoms with Gasteiger partial charge in [0.25, 0.3) is 0 Å². The minimum atomic E-state index is 0.357. The zero-order valence-electron chi connectivity index (χ0n) is 12.5. The Labute approximate surface area is 113 Å². The lowest BCUT2D eigenvalue weighted by Gasteiger charge is -2.50. The summed E-state index contributed by atoms with van der Waals surface area (Å²) in [7, 11) is 0. The van der Waals surface area contributed by atoms with Crippen molar-refractivity contribution in [1.82, 2.24) is 4.90 Å². The van der Waals surface area contributed by atoms with Crippen LogP contribution in [0.5, 0.6) is 0 Å². The number of likely N-dealkylation sites (tertiary alicyclic amines) is 1. The Morgan fingerprint density at radius 3 is 2.72 bits per heavy atom. The normalized spacial score (nSPS) is 38.2. The summed E-state index contributed by atoms with van der Waals surface area (Å²) in [6.07, 6.45) is 11.0. The third-order valence-electron chi connectivity index (χ3n) is 5.63. The lowest BCUT2D eigenvalue weighted by atomic mass is 9.70. The molecule has 106 valence electrons. The van der Waals surface area contributed by atoms with Gasteiger partial charge in [-0.15, -0.1) is 0 Å². The number of nitrogens with two attached hydrogens (primary N) is 1. The Morgan fingerprint density at radius 2 is 2.06 bits per heavy atom. The van der Waals surface area contributed by atoms with Crippen molar-refractivity contribution in [3.8, 4) is 0 Å². The Hall–Kier alpha value is -0.0800. The maximum absolute atomic E-state index is 6.26. The van der Waals surface area contributed by atoms with E-state index in [2.05, 4.69) is 18.7 Å². The Balaban J connectivity index is 2.06. The minimum Gasteiger partial charge on any atom is -0.329 e. The second-order valence-electron chi connectivity index (χ2n) is 6.55. The first-order valence-corrected chi connectivity index (χ1v) is 8.22. The fourth-order valence-electron chi connectivity index (χ4n) is 4.57. The number of nitrogens with zero attached hydrogens (tertiary/aromatic N) is 1. The zero-order chi connectivity index (χ0) is 13.0. The molecule has 1 aliphatic carbocycles. The summed E-state index contributed by atoms with van der Waals surface area (Å²) in [5.74, 6) is 1.79. The highest BCUT2D eigenvalue weighted by Gasteiger charge is 2.45. The SMILES string of the molecule is CCCC1CCN(C2(CN)CCCCC2CC)C1. The zero-order valence-corrected chi connectivity index (χ0v) is 12.5. The Kier molecular flexibility index (Phi) is 5.08. The van der Waals surface area contributed by atoms with Gasteiger partial charge >= 0.3 is 0 Å². The molecule has 2 nitrogen and oxygen atoms in total. The molecule has 0 radical (unpaired) electrons. The summed E-state index contributed by atoms with van der Waals surface area (Å²) in [6.45, 7) is 8.18. The molecule has 18 heavy (non-hydrogen) atoms. The maximum Gasteiger partial charge on any atom is 0.0359 e. The average Bonchev–Trinajstić information content (AvgIpc) is 2.88. The van der Waals surface area contributed by atoms with Gasteiger partial charge in [-0.1, -0.05) is 39.5 Å². The van der Waals surface area contributed by atoms with Crippen LogP contribution in [0, 0.1) is 11.8 Å². The van der Waals surface area contributed by atoms with Gasteiger partial charge in [-0.2, -0.15) is 0 Å². The molecule has 1 saturated heterocycles. The first-order valence-electron chi connectivity index (χ1n) is 8.22. The molecule has 2 fully saturated rings. The summed E-state index contributed by atoms with van der Waals surface area (Å²) in [4.78, 5) is 2.79. The highest BCUT2D eigenvalue weighted by molar-refractivity contribution is 5.01. The number of hydrogen-bond acceptors (Lipinski definition) is 2. The highest BCUT2D eigenvalue weighted by Crippen LogP contribution is 2.42. The van der Waals surface area contributed by atoms with Crippen molar-refractivity contribution in [3.05, 3.63) is 0 Å². The van der Waals surface area contributed by atoms with E-state index < -0.39 is 0 Å². The van der Waals surface area contributed by atoms with Crippen LogP contribution in [0.25, 0.3) is 0 Å². The second-order valence-corrected chi connectivity index (χ2v) is 6.55. The molecule has 0 amide bonds. The summed E-state index contributed by atoms with van der Waals surface area (Å²) in [5.41, 5.74) is 6.62. The van der Waals surface area contributed by atoms with Crippen molar-refractivity contribution in [2.75, 3.05) is 19.6 Å². The van der Waals surface area contributed by atoms with Gasteiger partial charge in [0, 0.05) is 18.6 Å². The molecule has 0 aromatic rings. The van der Waals surface area contributed by atoms with Crippen LogP contribution >= 0.6 is 0 Å². The van der Waals surface area contributed by atoms with Crippen molar-refractivity contribution in [3.63, 3.8) is 0 Å². The van der Waals surface area contributed by atoms with E-state index in [1.807, 2.05) is 0 Å². The maximum atomic E-state index is 6.26. The van der Waals surface area contributed by atoms with E-state index in [-0.39, 0.29) is 0 Å². The summed E-state index contributed by atoms with van der Waals surface area (Å²) in [5, 5.41) is 0. The van der Waals surface area contributed by atoms with Crippen LogP contribution in [0.15, 0.2) is 0 Å². The van der Waals surface area contributed by atoms with Crippen LogP contribution in [-0.2, 0) is 0 Å². The van der Waals surface area contributed by atoms with Gasteiger partial charge in [-0.25, -0.2) is 0 Å². The van der Waals surface area contributed by atoms with Crippen LogP contribution in [-0.4, -0.2) is 30.1 Å². The van der Waals surface area contributed by atoms with Crippen molar-refractivity contribution in [2.24, 2.45) is 17.6 Å². The number of rotatable bonds is 5. The molecule has 2 heteroatoms. The molecule has 3 unspecified atom stereocenters. The molecule has 0 aromatic heterocycles. The van der Waals surface area contributed by atoms with Crippen molar-refractivity contribution < 1.29 is 0 Å². The smallest absolute Gasteiger partial charge is 0.0359 e. The molecule has 2 rings (SSSR count).